The zero-order valence-electron chi connectivity index (χ0n) is 13.8. The lowest BCUT2D eigenvalue weighted by Crippen LogP contribution is -2.49. The summed E-state index contributed by atoms with van der Waals surface area (Å²) in [5, 5.41) is 5.95. The Balaban J connectivity index is 1.53. The second-order valence-electron chi connectivity index (χ2n) is 6.01. The van der Waals surface area contributed by atoms with Crippen LogP contribution >= 0.6 is 0 Å². The maximum atomic E-state index is 13.1. The Bertz CT molecular complexity index is 762. The van der Waals surface area contributed by atoms with Crippen molar-refractivity contribution in [2.24, 2.45) is 0 Å². The quantitative estimate of drug-likeness (QED) is 0.870. The highest BCUT2D eigenvalue weighted by atomic mass is 19.1. The second kappa shape index (κ2) is 7.90. The molecule has 0 aromatic heterocycles. The Labute approximate surface area is 145 Å². The Morgan fingerprint density at radius 3 is 2.60 bits per heavy atom. The summed E-state index contributed by atoms with van der Waals surface area (Å²) in [6.07, 6.45) is 0. The molecule has 1 saturated heterocycles. The SMILES string of the molecule is O=C1CN(C(=O)c2ccc(CNCc3cccc(F)c3)cc2)CCN1. The fraction of sp³-hybridized carbons (Fsp3) is 0.263. The third-order valence-electron chi connectivity index (χ3n) is 4.07. The lowest BCUT2D eigenvalue weighted by atomic mass is 10.1. The van der Waals surface area contributed by atoms with Gasteiger partial charge in [-0.25, -0.2) is 4.39 Å². The molecule has 2 aromatic rings. The van der Waals surface area contributed by atoms with Gasteiger partial charge in [-0.2, -0.15) is 0 Å². The summed E-state index contributed by atoms with van der Waals surface area (Å²) >= 11 is 0. The van der Waals surface area contributed by atoms with E-state index in [-0.39, 0.29) is 24.2 Å². The first-order valence-corrected chi connectivity index (χ1v) is 8.22. The minimum atomic E-state index is -0.242. The monoisotopic (exact) mass is 341 g/mol. The van der Waals surface area contributed by atoms with Crippen LogP contribution in [0.1, 0.15) is 21.5 Å². The van der Waals surface area contributed by atoms with E-state index in [1.165, 1.54) is 12.1 Å². The first-order chi connectivity index (χ1) is 12.1. The standard InChI is InChI=1S/C19H20FN3O2/c20-17-3-1-2-15(10-17)12-21-11-14-4-6-16(7-5-14)19(25)23-9-8-22-18(24)13-23/h1-7,10,21H,8-9,11-13H2,(H,22,24). The van der Waals surface area contributed by atoms with Crippen molar-refractivity contribution < 1.29 is 14.0 Å². The molecule has 0 bridgehead atoms. The Morgan fingerprint density at radius 1 is 1.12 bits per heavy atom. The fourth-order valence-electron chi connectivity index (χ4n) is 2.76. The first kappa shape index (κ1) is 17.1. The topological polar surface area (TPSA) is 61.4 Å². The molecule has 0 radical (unpaired) electrons. The van der Waals surface area contributed by atoms with Gasteiger partial charge in [-0.05, 0) is 35.4 Å². The highest BCUT2D eigenvalue weighted by Crippen LogP contribution is 2.09. The van der Waals surface area contributed by atoms with Crippen molar-refractivity contribution in [3.63, 3.8) is 0 Å². The molecule has 0 saturated carbocycles. The minimum Gasteiger partial charge on any atom is -0.353 e. The molecule has 0 atom stereocenters. The summed E-state index contributed by atoms with van der Waals surface area (Å²) in [7, 11) is 0. The van der Waals surface area contributed by atoms with Gasteiger partial charge in [-0.1, -0.05) is 24.3 Å². The molecule has 1 heterocycles. The lowest BCUT2D eigenvalue weighted by Gasteiger charge is -2.26. The summed E-state index contributed by atoms with van der Waals surface area (Å²) in [5.74, 6) is -0.500. The Kier molecular flexibility index (Phi) is 5.40. The van der Waals surface area contributed by atoms with Crippen molar-refractivity contribution in [3.05, 3.63) is 71.0 Å². The van der Waals surface area contributed by atoms with Gasteiger partial charge < -0.3 is 15.5 Å². The van der Waals surface area contributed by atoms with Crippen molar-refractivity contribution in [2.45, 2.75) is 13.1 Å². The summed E-state index contributed by atoms with van der Waals surface area (Å²) < 4.78 is 13.1. The van der Waals surface area contributed by atoms with Crippen LogP contribution in [0.25, 0.3) is 0 Å². The van der Waals surface area contributed by atoms with Crippen LogP contribution in [0.3, 0.4) is 0 Å². The Morgan fingerprint density at radius 2 is 1.88 bits per heavy atom. The molecule has 1 aliphatic rings. The van der Waals surface area contributed by atoms with Crippen LogP contribution in [0.15, 0.2) is 48.5 Å². The molecule has 2 amide bonds. The van der Waals surface area contributed by atoms with Crippen LogP contribution < -0.4 is 10.6 Å². The second-order valence-corrected chi connectivity index (χ2v) is 6.01. The van der Waals surface area contributed by atoms with Crippen molar-refractivity contribution in [1.29, 1.82) is 0 Å². The molecule has 0 spiro atoms. The van der Waals surface area contributed by atoms with Crippen LogP contribution in [0.5, 0.6) is 0 Å². The number of benzene rings is 2. The zero-order valence-corrected chi connectivity index (χ0v) is 13.8. The predicted octanol–water partition coefficient (Wildman–Crippen LogP) is 1.69. The number of nitrogens with one attached hydrogen (secondary N) is 2. The molecular weight excluding hydrogens is 321 g/mol. The van der Waals surface area contributed by atoms with Crippen molar-refractivity contribution in [3.8, 4) is 0 Å². The summed E-state index contributed by atoms with van der Waals surface area (Å²) in [6.45, 7) is 2.32. The van der Waals surface area contributed by atoms with Gasteiger partial charge in [-0.3, -0.25) is 9.59 Å². The van der Waals surface area contributed by atoms with E-state index >= 15 is 0 Å². The average molecular weight is 341 g/mol. The van der Waals surface area contributed by atoms with E-state index in [9.17, 15) is 14.0 Å². The molecule has 0 aliphatic carbocycles. The van der Waals surface area contributed by atoms with E-state index in [0.29, 0.717) is 31.7 Å². The molecule has 130 valence electrons. The van der Waals surface area contributed by atoms with Gasteiger partial charge in [0, 0.05) is 31.7 Å². The van der Waals surface area contributed by atoms with E-state index in [1.807, 2.05) is 18.2 Å². The molecule has 5 nitrogen and oxygen atoms in total. The van der Waals surface area contributed by atoms with E-state index < -0.39 is 0 Å². The number of nitrogens with zero attached hydrogens (tertiary/aromatic N) is 1. The smallest absolute Gasteiger partial charge is 0.254 e. The Hall–Kier alpha value is -2.73. The summed E-state index contributed by atoms with van der Waals surface area (Å²) in [6, 6.07) is 13.8. The maximum absolute atomic E-state index is 13.1. The average Bonchev–Trinajstić information content (AvgIpc) is 2.62. The summed E-state index contributed by atoms with van der Waals surface area (Å²) in [4.78, 5) is 25.3. The van der Waals surface area contributed by atoms with Crippen LogP contribution in [0.2, 0.25) is 0 Å². The fourth-order valence-corrected chi connectivity index (χ4v) is 2.76. The van der Waals surface area contributed by atoms with Crippen LogP contribution in [0, 0.1) is 5.82 Å². The number of amides is 2. The van der Waals surface area contributed by atoms with Crippen LogP contribution in [-0.2, 0) is 17.9 Å². The molecule has 3 rings (SSSR count). The van der Waals surface area contributed by atoms with Crippen LogP contribution in [0.4, 0.5) is 4.39 Å². The number of hydrogen-bond donors (Lipinski definition) is 2. The van der Waals surface area contributed by atoms with Gasteiger partial charge >= 0.3 is 0 Å². The highest BCUT2D eigenvalue weighted by molar-refractivity contribution is 5.97. The number of halogens is 1. The highest BCUT2D eigenvalue weighted by Gasteiger charge is 2.21. The molecule has 25 heavy (non-hydrogen) atoms. The molecule has 2 aromatic carbocycles. The molecule has 1 fully saturated rings. The van der Waals surface area contributed by atoms with Gasteiger partial charge in [0.05, 0.1) is 6.54 Å². The molecule has 0 unspecified atom stereocenters. The summed E-state index contributed by atoms with van der Waals surface area (Å²) in [5.41, 5.74) is 2.49. The predicted molar refractivity (Wildman–Crippen MR) is 92.3 cm³/mol. The number of rotatable bonds is 5. The third-order valence-corrected chi connectivity index (χ3v) is 4.07. The zero-order chi connectivity index (χ0) is 17.6. The molecule has 6 heteroatoms. The van der Waals surface area contributed by atoms with Gasteiger partial charge in [-0.15, -0.1) is 0 Å². The lowest BCUT2D eigenvalue weighted by molar-refractivity contribution is -0.123. The number of hydrogen-bond acceptors (Lipinski definition) is 3. The van der Waals surface area contributed by atoms with Crippen molar-refractivity contribution in [1.82, 2.24) is 15.5 Å². The third kappa shape index (κ3) is 4.64. The van der Waals surface area contributed by atoms with Gasteiger partial charge in [0.25, 0.3) is 5.91 Å². The normalized spacial score (nSPS) is 14.3. The number of piperazine rings is 1. The first-order valence-electron chi connectivity index (χ1n) is 8.22. The van der Waals surface area contributed by atoms with E-state index in [4.69, 9.17) is 0 Å². The molecular formula is C19H20FN3O2. The van der Waals surface area contributed by atoms with E-state index in [1.54, 1.807) is 23.1 Å². The van der Waals surface area contributed by atoms with Crippen molar-refractivity contribution >= 4 is 11.8 Å². The number of carbonyl (C=O) groups excluding carboxylic acids is 2. The van der Waals surface area contributed by atoms with Crippen LogP contribution in [-0.4, -0.2) is 36.3 Å². The number of carbonyl (C=O) groups is 2. The largest absolute Gasteiger partial charge is 0.353 e. The van der Waals surface area contributed by atoms with E-state index in [0.717, 1.165) is 11.1 Å². The van der Waals surface area contributed by atoms with Gasteiger partial charge in [0.1, 0.15) is 5.82 Å². The molecule has 1 aliphatic heterocycles. The maximum Gasteiger partial charge on any atom is 0.254 e. The van der Waals surface area contributed by atoms with Gasteiger partial charge in [0.2, 0.25) is 5.91 Å². The molecule has 2 N–H and O–H groups in total. The van der Waals surface area contributed by atoms with Gasteiger partial charge in [0.15, 0.2) is 0 Å². The van der Waals surface area contributed by atoms with Crippen molar-refractivity contribution in [2.75, 3.05) is 19.6 Å². The van der Waals surface area contributed by atoms with E-state index in [2.05, 4.69) is 10.6 Å². The minimum absolute atomic E-state index is 0.107.